The monoisotopic (exact) mass is 439 g/mol. The van der Waals surface area contributed by atoms with E-state index in [0.717, 1.165) is 22.1 Å². The van der Waals surface area contributed by atoms with Crippen molar-refractivity contribution >= 4 is 27.6 Å². The molecule has 1 aliphatic carbocycles. The van der Waals surface area contributed by atoms with Gasteiger partial charge in [0.05, 0.1) is 17.1 Å². The van der Waals surface area contributed by atoms with Gasteiger partial charge in [0.1, 0.15) is 17.7 Å². The minimum atomic E-state index is -1.08. The normalized spacial score (nSPS) is 16.6. The highest BCUT2D eigenvalue weighted by molar-refractivity contribution is 9.10. The molecule has 0 saturated heterocycles. The van der Waals surface area contributed by atoms with Gasteiger partial charge in [0.2, 0.25) is 0 Å². The number of aliphatic imine (C=N–C) groups is 1. The Morgan fingerprint density at radius 1 is 1.18 bits per heavy atom. The molecule has 1 saturated carbocycles. The van der Waals surface area contributed by atoms with Crippen LogP contribution >= 0.6 is 15.9 Å². The predicted molar refractivity (Wildman–Crippen MR) is 106 cm³/mol. The molecule has 1 aliphatic heterocycles. The van der Waals surface area contributed by atoms with Crippen LogP contribution in [-0.4, -0.2) is 26.3 Å². The van der Waals surface area contributed by atoms with Crippen molar-refractivity contribution in [3.8, 4) is 5.69 Å². The van der Waals surface area contributed by atoms with Crippen LogP contribution in [0.5, 0.6) is 0 Å². The summed E-state index contributed by atoms with van der Waals surface area (Å²) >= 11 is 3.49. The highest BCUT2D eigenvalue weighted by Gasteiger charge is 2.47. The first-order valence-corrected chi connectivity index (χ1v) is 9.76. The van der Waals surface area contributed by atoms with E-state index in [2.05, 4.69) is 20.9 Å². The van der Waals surface area contributed by atoms with E-state index in [0.29, 0.717) is 29.8 Å². The van der Waals surface area contributed by atoms with Gasteiger partial charge in [-0.05, 0) is 49.6 Å². The zero-order valence-electron chi connectivity index (χ0n) is 14.7. The van der Waals surface area contributed by atoms with Crippen LogP contribution in [0, 0.1) is 5.82 Å². The van der Waals surface area contributed by atoms with Gasteiger partial charge in [0, 0.05) is 15.6 Å². The molecule has 0 amide bonds. The smallest absolute Gasteiger partial charge is 0.356 e. The van der Waals surface area contributed by atoms with E-state index in [4.69, 9.17) is 4.99 Å². The van der Waals surface area contributed by atoms with Crippen molar-refractivity contribution in [3.05, 3.63) is 81.6 Å². The van der Waals surface area contributed by atoms with Crippen molar-refractivity contribution in [3.63, 3.8) is 0 Å². The van der Waals surface area contributed by atoms with Crippen LogP contribution < -0.4 is 0 Å². The van der Waals surface area contributed by atoms with Gasteiger partial charge in [0.15, 0.2) is 5.69 Å². The van der Waals surface area contributed by atoms with Crippen LogP contribution in [0.1, 0.15) is 46.6 Å². The number of carboxylic acid groups (broad SMARTS) is 1. The van der Waals surface area contributed by atoms with Gasteiger partial charge in [-0.3, -0.25) is 9.56 Å². The number of halogens is 2. The topological polar surface area (TPSA) is 67.5 Å². The van der Waals surface area contributed by atoms with Gasteiger partial charge in [-0.15, -0.1) is 0 Å². The molecule has 3 aromatic rings. The summed E-state index contributed by atoms with van der Waals surface area (Å²) in [6.07, 6.45) is 3.86. The number of imidazole rings is 1. The molecule has 5 nitrogen and oxygen atoms in total. The highest BCUT2D eigenvalue weighted by Crippen LogP contribution is 2.49. The third-order valence-corrected chi connectivity index (χ3v) is 6.01. The maximum atomic E-state index is 14.7. The van der Waals surface area contributed by atoms with E-state index >= 15 is 0 Å². The van der Waals surface area contributed by atoms with Crippen molar-refractivity contribution in [1.29, 1.82) is 0 Å². The van der Waals surface area contributed by atoms with E-state index in [-0.39, 0.29) is 11.5 Å². The standard InChI is InChI=1S/C21H15BrFN3O2/c22-12-6-7-16-14(10-12)17(13-4-1-2-5-15(13)23)25-21(8-3-9-21)19-18(20(27)28)24-11-26(16)19/h1-2,4-7,10-11H,3,8-9H2,(H,27,28). The molecule has 28 heavy (non-hydrogen) atoms. The maximum Gasteiger partial charge on any atom is 0.356 e. The molecule has 0 radical (unpaired) electrons. The van der Waals surface area contributed by atoms with E-state index in [9.17, 15) is 14.3 Å². The maximum absolute atomic E-state index is 14.7. The largest absolute Gasteiger partial charge is 0.476 e. The van der Waals surface area contributed by atoms with Crippen molar-refractivity contribution in [1.82, 2.24) is 9.55 Å². The molecule has 1 fully saturated rings. The molecule has 2 heterocycles. The number of benzene rings is 2. The first-order chi connectivity index (χ1) is 13.5. The Morgan fingerprint density at radius 3 is 2.64 bits per heavy atom. The fourth-order valence-electron chi connectivity index (χ4n) is 4.09. The van der Waals surface area contributed by atoms with Gasteiger partial charge in [-0.2, -0.15) is 0 Å². The number of hydrogen-bond acceptors (Lipinski definition) is 3. The lowest BCUT2D eigenvalue weighted by Crippen LogP contribution is -2.36. The summed E-state index contributed by atoms with van der Waals surface area (Å²) in [6, 6.07) is 12.2. The van der Waals surface area contributed by atoms with Crippen LogP contribution in [0.3, 0.4) is 0 Å². The number of aromatic carboxylic acids is 1. The molecule has 5 rings (SSSR count). The summed E-state index contributed by atoms with van der Waals surface area (Å²) in [5, 5.41) is 9.70. The molecule has 1 N–H and O–H groups in total. The number of fused-ring (bicyclic) bond motifs is 4. The quantitative estimate of drug-likeness (QED) is 0.628. The number of carboxylic acids is 1. The fourth-order valence-corrected chi connectivity index (χ4v) is 4.45. The molecule has 2 aromatic carbocycles. The Morgan fingerprint density at radius 2 is 1.96 bits per heavy atom. The summed E-state index contributed by atoms with van der Waals surface area (Å²) < 4.78 is 17.4. The summed E-state index contributed by atoms with van der Waals surface area (Å²) in [4.78, 5) is 21.0. The number of rotatable bonds is 2. The first kappa shape index (κ1) is 17.3. The number of hydrogen-bond donors (Lipinski definition) is 1. The Labute approximate surface area is 168 Å². The molecular formula is C21H15BrFN3O2. The zero-order chi connectivity index (χ0) is 19.5. The molecule has 7 heteroatoms. The van der Waals surface area contributed by atoms with Crippen LogP contribution in [0.15, 0.2) is 58.3 Å². The molecule has 140 valence electrons. The van der Waals surface area contributed by atoms with Gasteiger partial charge < -0.3 is 5.11 Å². The summed E-state index contributed by atoms with van der Waals surface area (Å²) in [7, 11) is 0. The first-order valence-electron chi connectivity index (χ1n) is 8.96. The molecule has 2 aliphatic rings. The Hall–Kier alpha value is -2.80. The summed E-state index contributed by atoms with van der Waals surface area (Å²) in [5.74, 6) is -1.44. The zero-order valence-corrected chi connectivity index (χ0v) is 16.3. The Kier molecular flexibility index (Phi) is 3.77. The number of nitrogens with zero attached hydrogens (tertiary/aromatic N) is 3. The van der Waals surface area contributed by atoms with Gasteiger partial charge >= 0.3 is 5.97 Å². The summed E-state index contributed by atoms with van der Waals surface area (Å²) in [5.41, 5.74) is 2.28. The highest BCUT2D eigenvalue weighted by atomic mass is 79.9. The minimum absolute atomic E-state index is 0.00658. The third kappa shape index (κ3) is 2.39. The fraction of sp³-hybridized carbons (Fsp3) is 0.190. The van der Waals surface area contributed by atoms with Crippen LogP contribution in [-0.2, 0) is 5.54 Å². The van der Waals surface area contributed by atoms with Crippen molar-refractivity contribution in [2.75, 3.05) is 0 Å². The van der Waals surface area contributed by atoms with Crippen molar-refractivity contribution in [2.45, 2.75) is 24.8 Å². The molecule has 0 bridgehead atoms. The third-order valence-electron chi connectivity index (χ3n) is 5.52. The molecule has 0 atom stereocenters. The lowest BCUT2D eigenvalue weighted by Gasteiger charge is -2.38. The summed E-state index contributed by atoms with van der Waals surface area (Å²) in [6.45, 7) is 0. The minimum Gasteiger partial charge on any atom is -0.476 e. The van der Waals surface area contributed by atoms with Gasteiger partial charge in [-0.25, -0.2) is 14.2 Å². The molecule has 1 spiro atoms. The van der Waals surface area contributed by atoms with Gasteiger partial charge in [0.25, 0.3) is 0 Å². The van der Waals surface area contributed by atoms with E-state index in [1.807, 2.05) is 22.8 Å². The number of carbonyl (C=O) groups is 1. The lowest BCUT2D eigenvalue weighted by atomic mass is 9.73. The van der Waals surface area contributed by atoms with Gasteiger partial charge in [-0.1, -0.05) is 28.1 Å². The van der Waals surface area contributed by atoms with Crippen LogP contribution in [0.2, 0.25) is 0 Å². The van der Waals surface area contributed by atoms with E-state index in [1.165, 1.54) is 12.4 Å². The predicted octanol–water partition coefficient (Wildman–Crippen LogP) is 4.70. The van der Waals surface area contributed by atoms with Crippen molar-refractivity contribution in [2.24, 2.45) is 4.99 Å². The SMILES string of the molecule is O=C(O)c1ncn2c1C1(CCC1)N=C(c1ccccc1F)c1cc(Br)ccc1-2. The Balaban J connectivity index is 1.89. The van der Waals surface area contributed by atoms with Crippen LogP contribution in [0.4, 0.5) is 4.39 Å². The van der Waals surface area contributed by atoms with E-state index in [1.54, 1.807) is 18.2 Å². The van der Waals surface area contributed by atoms with Crippen LogP contribution in [0.25, 0.3) is 5.69 Å². The second-order valence-electron chi connectivity index (χ2n) is 7.10. The lowest BCUT2D eigenvalue weighted by molar-refractivity contribution is 0.0684. The van der Waals surface area contributed by atoms with E-state index < -0.39 is 11.5 Å². The molecule has 0 unspecified atom stereocenters. The number of aromatic nitrogens is 2. The van der Waals surface area contributed by atoms with Crippen molar-refractivity contribution < 1.29 is 14.3 Å². The Bertz CT molecular complexity index is 1160. The average molecular weight is 440 g/mol. The molecular weight excluding hydrogens is 425 g/mol. The average Bonchev–Trinajstić information content (AvgIpc) is 3.03. The molecule has 1 aromatic heterocycles. The second kappa shape index (κ2) is 6.10. The second-order valence-corrected chi connectivity index (χ2v) is 8.02.